The summed E-state index contributed by atoms with van der Waals surface area (Å²) in [5.74, 6) is 1.01. The fraction of sp³-hybridized carbons (Fsp3) is 0. The van der Waals surface area contributed by atoms with Crippen LogP contribution in [0.2, 0.25) is 0 Å². The van der Waals surface area contributed by atoms with Gasteiger partial charge in [0.1, 0.15) is 33.6 Å². The molecule has 5 aromatic rings. The fourth-order valence-electron chi connectivity index (χ4n) is 3.16. The predicted molar refractivity (Wildman–Crippen MR) is 179 cm³/mol. The van der Waals surface area contributed by atoms with Gasteiger partial charge in [0, 0.05) is 33.5 Å². The van der Waals surface area contributed by atoms with Crippen molar-refractivity contribution in [2.75, 3.05) is 0 Å². The van der Waals surface area contributed by atoms with E-state index in [0.717, 1.165) is 6.07 Å². The summed E-state index contributed by atoms with van der Waals surface area (Å²) < 4.78 is 88.7. The smallest absolute Gasteiger partial charge is 0.417 e. The zero-order valence-corrected chi connectivity index (χ0v) is 28.5. The van der Waals surface area contributed by atoms with E-state index in [4.69, 9.17) is 39.0 Å². The molecule has 17 heteroatoms. The highest BCUT2D eigenvalue weighted by atomic mass is 35.7. The van der Waals surface area contributed by atoms with Crippen molar-refractivity contribution in [3.8, 4) is 28.7 Å². The molecule has 0 saturated carbocycles. The Kier molecular flexibility index (Phi) is 14.5. The van der Waals surface area contributed by atoms with Crippen molar-refractivity contribution in [3.63, 3.8) is 0 Å². The largest absolute Gasteiger partial charge is 0.508 e. The van der Waals surface area contributed by atoms with Gasteiger partial charge in [0.2, 0.25) is 0 Å². The molecule has 0 radical (unpaired) electrons. The van der Waals surface area contributed by atoms with Crippen LogP contribution in [-0.4, -0.2) is 30.4 Å². The van der Waals surface area contributed by atoms with Crippen LogP contribution in [0, 0.1) is 0 Å². The molecular formula is C30H24Cl2O11S4. The SMILES string of the molecule is O=S(Cl)Oc1cccc(S(=O)(=O)Cl)c1.O=S(Oc1ccccc1)Oc1cccc(S(=O)(=O)Oc2ccccc2)c1.Oc1ccccc1. The molecule has 5 rings (SSSR count). The van der Waals surface area contributed by atoms with Crippen LogP contribution in [0.15, 0.2) is 149 Å². The summed E-state index contributed by atoms with van der Waals surface area (Å²) in [6.45, 7) is 0. The minimum atomic E-state index is -4.05. The van der Waals surface area contributed by atoms with Gasteiger partial charge in [-0.15, -0.1) is 0 Å². The molecule has 47 heavy (non-hydrogen) atoms. The number of hydrogen-bond acceptors (Lipinski definition) is 11. The molecule has 248 valence electrons. The molecule has 0 bridgehead atoms. The Balaban J connectivity index is 0.000000237. The first-order valence-corrected chi connectivity index (χ1v) is 19.4. The maximum atomic E-state index is 12.3. The Morgan fingerprint density at radius 1 is 0.532 bits per heavy atom. The lowest BCUT2D eigenvalue weighted by molar-refractivity contribution is 0.459. The fourth-order valence-corrected chi connectivity index (χ4v) is 5.95. The van der Waals surface area contributed by atoms with Crippen LogP contribution in [0.1, 0.15) is 0 Å². The van der Waals surface area contributed by atoms with Crippen LogP contribution >= 0.6 is 21.4 Å². The van der Waals surface area contributed by atoms with Crippen LogP contribution in [-0.2, 0) is 40.8 Å². The number of aromatic hydroxyl groups is 1. The summed E-state index contributed by atoms with van der Waals surface area (Å²) >= 11 is -2.13. The molecule has 0 spiro atoms. The Morgan fingerprint density at radius 2 is 0.957 bits per heavy atom. The normalized spacial score (nSPS) is 12.0. The molecule has 0 heterocycles. The summed E-state index contributed by atoms with van der Waals surface area (Å²) in [5.41, 5.74) is 0. The van der Waals surface area contributed by atoms with Gasteiger partial charge in [-0.05, 0) is 60.7 Å². The molecule has 2 atom stereocenters. The lowest BCUT2D eigenvalue weighted by Crippen LogP contribution is -2.11. The molecule has 0 amide bonds. The molecular weight excluding hydrogens is 735 g/mol. The van der Waals surface area contributed by atoms with Crippen molar-refractivity contribution in [3.05, 3.63) is 140 Å². The Morgan fingerprint density at radius 3 is 1.45 bits per heavy atom. The van der Waals surface area contributed by atoms with Gasteiger partial charge in [-0.25, -0.2) is 8.42 Å². The number of rotatable bonds is 10. The number of phenolic OH excluding ortho intramolecular Hbond substituents is 1. The molecule has 0 aliphatic carbocycles. The van der Waals surface area contributed by atoms with E-state index in [1.807, 2.05) is 6.07 Å². The molecule has 0 fully saturated rings. The molecule has 0 saturated heterocycles. The van der Waals surface area contributed by atoms with Gasteiger partial charge in [0.15, 0.2) is 0 Å². The lowest BCUT2D eigenvalue weighted by Gasteiger charge is -2.09. The van der Waals surface area contributed by atoms with Crippen molar-refractivity contribution >= 4 is 62.2 Å². The Hall–Kier alpha value is -4.12. The van der Waals surface area contributed by atoms with E-state index in [9.17, 15) is 25.3 Å². The molecule has 0 aliphatic rings. The van der Waals surface area contributed by atoms with Crippen molar-refractivity contribution in [1.29, 1.82) is 0 Å². The predicted octanol–water partition coefficient (Wildman–Crippen LogP) is 6.69. The van der Waals surface area contributed by atoms with E-state index >= 15 is 0 Å². The van der Waals surface area contributed by atoms with Gasteiger partial charge in [0.05, 0.1) is 4.90 Å². The lowest BCUT2D eigenvalue weighted by atomic mass is 10.3. The first kappa shape index (κ1) is 37.3. The zero-order chi connectivity index (χ0) is 34.3. The number of halogens is 2. The quantitative estimate of drug-likeness (QED) is 0.119. The van der Waals surface area contributed by atoms with E-state index < -0.39 is 40.8 Å². The standard InChI is InChI=1S/C18H14O6S2.C6H4Cl2O4S2.C6H6O/c19-25(22-15-8-3-1-4-9-15)23-17-12-7-13-18(14-17)26(20,21)24-16-10-5-2-6-11-16;7-13(9)12-5-2-1-3-6(4-5)14(8,10)11;7-6-4-2-1-3-5-6/h1-14H;1-4H;1-5,7H. The van der Waals surface area contributed by atoms with Crippen LogP contribution in [0.4, 0.5) is 0 Å². The third kappa shape index (κ3) is 14.0. The second-order valence-electron chi connectivity index (χ2n) is 8.53. The van der Waals surface area contributed by atoms with Crippen molar-refractivity contribution in [2.24, 2.45) is 0 Å². The number of para-hydroxylation sites is 3. The van der Waals surface area contributed by atoms with Crippen LogP contribution in [0.5, 0.6) is 28.7 Å². The van der Waals surface area contributed by atoms with Crippen LogP contribution in [0.25, 0.3) is 0 Å². The topological polar surface area (TPSA) is 160 Å². The molecule has 5 aromatic carbocycles. The first-order valence-electron chi connectivity index (χ1n) is 12.8. The zero-order valence-electron chi connectivity index (χ0n) is 23.7. The highest BCUT2D eigenvalue weighted by Crippen LogP contribution is 2.23. The van der Waals surface area contributed by atoms with E-state index in [1.165, 1.54) is 54.6 Å². The third-order valence-corrected chi connectivity index (χ3v) is 8.88. The number of hydrogen-bond donors (Lipinski definition) is 1. The molecule has 0 aliphatic heterocycles. The second-order valence-corrected chi connectivity index (χ2v) is 14.7. The number of phenols is 1. The summed E-state index contributed by atoms with van der Waals surface area (Å²) in [5, 5.41) is 8.63. The summed E-state index contributed by atoms with van der Waals surface area (Å²) in [6.07, 6.45) is 0. The second kappa shape index (κ2) is 18.3. The van der Waals surface area contributed by atoms with E-state index in [1.54, 1.807) is 72.8 Å². The first-order chi connectivity index (χ1) is 22.3. The maximum absolute atomic E-state index is 12.3. The molecule has 11 nitrogen and oxygen atoms in total. The molecule has 1 N–H and O–H groups in total. The highest BCUT2D eigenvalue weighted by molar-refractivity contribution is 8.13. The van der Waals surface area contributed by atoms with Crippen LogP contribution < -0.4 is 16.7 Å². The highest BCUT2D eigenvalue weighted by Gasteiger charge is 2.18. The van der Waals surface area contributed by atoms with Crippen molar-refractivity contribution < 1.29 is 47.1 Å². The molecule has 2 unspecified atom stereocenters. The summed E-state index contributed by atoms with van der Waals surface area (Å²) in [4.78, 5) is -0.269. The van der Waals surface area contributed by atoms with Crippen molar-refractivity contribution in [2.45, 2.75) is 9.79 Å². The van der Waals surface area contributed by atoms with Gasteiger partial charge in [-0.3, -0.25) is 0 Å². The molecule has 0 aromatic heterocycles. The Labute approximate surface area is 285 Å². The minimum absolute atomic E-state index is 0.0667. The van der Waals surface area contributed by atoms with Gasteiger partial charge in [-0.2, -0.15) is 16.8 Å². The van der Waals surface area contributed by atoms with E-state index in [2.05, 4.69) is 4.18 Å². The summed E-state index contributed by atoms with van der Waals surface area (Å²) in [6, 6.07) is 36.0. The van der Waals surface area contributed by atoms with Crippen molar-refractivity contribution in [1.82, 2.24) is 0 Å². The van der Waals surface area contributed by atoms with Gasteiger partial charge in [0.25, 0.3) is 9.05 Å². The van der Waals surface area contributed by atoms with E-state index in [0.29, 0.717) is 11.5 Å². The van der Waals surface area contributed by atoms with Crippen LogP contribution in [0.3, 0.4) is 0 Å². The summed E-state index contributed by atoms with van der Waals surface area (Å²) in [7, 11) is 0.243. The minimum Gasteiger partial charge on any atom is -0.508 e. The third-order valence-electron chi connectivity index (χ3n) is 5.12. The van der Waals surface area contributed by atoms with E-state index in [-0.39, 0.29) is 27.0 Å². The average Bonchev–Trinajstić information content (AvgIpc) is 3.02. The number of benzene rings is 5. The van der Waals surface area contributed by atoms with Gasteiger partial charge < -0.3 is 21.8 Å². The maximum Gasteiger partial charge on any atom is 0.417 e. The van der Waals surface area contributed by atoms with Gasteiger partial charge in [-0.1, -0.05) is 66.7 Å². The Bertz CT molecular complexity index is 1980. The van der Waals surface area contributed by atoms with Gasteiger partial charge >= 0.3 is 31.8 Å². The monoisotopic (exact) mass is 758 g/mol. The average molecular weight is 760 g/mol.